The third kappa shape index (κ3) is 5.46. The predicted octanol–water partition coefficient (Wildman–Crippen LogP) is -0.226. The van der Waals surface area contributed by atoms with Crippen LogP contribution in [-0.2, 0) is 14.8 Å². The number of likely N-dealkylation sites (N-methyl/N-ethyl adjacent to an activating group) is 2. The molecule has 0 bridgehead atoms. The minimum absolute atomic E-state index is 0.0818. The van der Waals surface area contributed by atoms with Gasteiger partial charge in [-0.3, -0.25) is 4.79 Å². The van der Waals surface area contributed by atoms with Crippen molar-refractivity contribution in [1.29, 1.82) is 0 Å². The van der Waals surface area contributed by atoms with E-state index >= 15 is 0 Å². The Morgan fingerprint density at radius 3 is 2.53 bits per heavy atom. The minimum Gasteiger partial charge on any atom is -0.358 e. The monoisotopic (exact) mass is 291 g/mol. The van der Waals surface area contributed by atoms with E-state index in [9.17, 15) is 13.2 Å². The van der Waals surface area contributed by atoms with Crippen molar-refractivity contribution in [3.63, 3.8) is 0 Å². The van der Waals surface area contributed by atoms with Gasteiger partial charge in [0.2, 0.25) is 15.9 Å². The Balaban J connectivity index is 2.49. The van der Waals surface area contributed by atoms with Gasteiger partial charge in [0.05, 0.1) is 12.3 Å². The second-order valence-corrected chi connectivity index (χ2v) is 6.99. The van der Waals surface area contributed by atoms with Crippen molar-refractivity contribution in [2.75, 3.05) is 39.0 Å². The van der Waals surface area contributed by atoms with E-state index in [0.717, 1.165) is 25.9 Å². The molecule has 6 nitrogen and oxygen atoms in total. The van der Waals surface area contributed by atoms with Gasteiger partial charge >= 0.3 is 0 Å². The summed E-state index contributed by atoms with van der Waals surface area (Å²) in [6, 6.07) is 0. The van der Waals surface area contributed by atoms with Crippen LogP contribution in [0.3, 0.4) is 0 Å². The molecule has 0 aromatic rings. The summed E-state index contributed by atoms with van der Waals surface area (Å²) in [5.41, 5.74) is 0. The Hall–Kier alpha value is -0.660. The second kappa shape index (κ2) is 7.81. The maximum Gasteiger partial charge on any atom is 0.235 e. The molecule has 0 aromatic heterocycles. The Kier molecular flexibility index (Phi) is 6.74. The van der Waals surface area contributed by atoms with E-state index in [1.165, 1.54) is 11.4 Å². The number of piperidine rings is 1. The van der Waals surface area contributed by atoms with Crippen molar-refractivity contribution in [3.8, 4) is 0 Å². The molecule has 7 heteroatoms. The number of amides is 1. The van der Waals surface area contributed by atoms with Gasteiger partial charge in [0.15, 0.2) is 0 Å². The normalized spacial score (nSPS) is 17.6. The van der Waals surface area contributed by atoms with Gasteiger partial charge in [-0.2, -0.15) is 4.31 Å². The molecular weight excluding hydrogens is 266 g/mol. The predicted molar refractivity (Wildman–Crippen MR) is 75.3 cm³/mol. The van der Waals surface area contributed by atoms with Gasteiger partial charge in [0.25, 0.3) is 0 Å². The molecule has 0 spiro atoms. The van der Waals surface area contributed by atoms with E-state index in [1.54, 1.807) is 6.92 Å². The second-order valence-electron chi connectivity index (χ2n) is 4.90. The molecule has 1 saturated heterocycles. The Bertz CT molecular complexity index is 378. The zero-order valence-corrected chi connectivity index (χ0v) is 12.6. The molecule has 0 atom stereocenters. The van der Waals surface area contributed by atoms with Gasteiger partial charge in [-0.15, -0.1) is 0 Å². The molecule has 1 fully saturated rings. The fourth-order valence-corrected chi connectivity index (χ4v) is 3.86. The number of carbonyl (C=O) groups excluding carboxylic acids is 1. The maximum absolute atomic E-state index is 12.2. The minimum atomic E-state index is -3.32. The van der Waals surface area contributed by atoms with E-state index in [0.29, 0.717) is 18.9 Å². The van der Waals surface area contributed by atoms with Crippen LogP contribution in [0.25, 0.3) is 0 Å². The molecule has 19 heavy (non-hydrogen) atoms. The highest BCUT2D eigenvalue weighted by Gasteiger charge is 2.24. The maximum atomic E-state index is 12.2. The fourth-order valence-electron chi connectivity index (χ4n) is 2.26. The van der Waals surface area contributed by atoms with E-state index in [-0.39, 0.29) is 18.2 Å². The first-order valence-corrected chi connectivity index (χ1v) is 8.49. The molecule has 0 radical (unpaired) electrons. The van der Waals surface area contributed by atoms with Gasteiger partial charge < -0.3 is 10.6 Å². The van der Waals surface area contributed by atoms with Gasteiger partial charge in [-0.05, 0) is 38.3 Å². The Morgan fingerprint density at radius 1 is 1.37 bits per heavy atom. The number of rotatable bonds is 7. The summed E-state index contributed by atoms with van der Waals surface area (Å²) in [4.78, 5) is 11.3. The number of carbonyl (C=O) groups is 1. The van der Waals surface area contributed by atoms with Gasteiger partial charge in [-0.25, -0.2) is 8.42 Å². The van der Waals surface area contributed by atoms with Crippen LogP contribution in [0.1, 0.15) is 26.2 Å². The summed E-state index contributed by atoms with van der Waals surface area (Å²) in [5, 5.41) is 5.72. The number of hydrogen-bond acceptors (Lipinski definition) is 4. The largest absolute Gasteiger partial charge is 0.358 e. The van der Waals surface area contributed by atoms with Crippen molar-refractivity contribution in [2.45, 2.75) is 26.2 Å². The molecule has 1 amide bonds. The summed E-state index contributed by atoms with van der Waals surface area (Å²) in [6.07, 6.45) is 2.77. The summed E-state index contributed by atoms with van der Waals surface area (Å²) >= 11 is 0. The molecule has 1 aliphatic heterocycles. The summed E-state index contributed by atoms with van der Waals surface area (Å²) in [6.45, 7) is 3.95. The average Bonchev–Trinajstić information content (AvgIpc) is 2.43. The van der Waals surface area contributed by atoms with Crippen molar-refractivity contribution < 1.29 is 13.2 Å². The van der Waals surface area contributed by atoms with Crippen molar-refractivity contribution in [3.05, 3.63) is 0 Å². The SMILES string of the molecule is CCN(CC(=O)NC)S(=O)(=O)CCC1CCNCC1. The molecule has 112 valence electrons. The highest BCUT2D eigenvalue weighted by atomic mass is 32.2. The first-order chi connectivity index (χ1) is 8.99. The average molecular weight is 291 g/mol. The van der Waals surface area contributed by atoms with Crippen LogP contribution in [0.4, 0.5) is 0 Å². The zero-order chi connectivity index (χ0) is 14.3. The summed E-state index contributed by atoms with van der Waals surface area (Å²) in [7, 11) is -1.81. The first-order valence-electron chi connectivity index (χ1n) is 6.88. The van der Waals surface area contributed by atoms with Crippen LogP contribution >= 0.6 is 0 Å². The molecule has 1 rings (SSSR count). The van der Waals surface area contributed by atoms with Crippen LogP contribution in [0, 0.1) is 5.92 Å². The van der Waals surface area contributed by atoms with Crippen molar-refractivity contribution in [2.24, 2.45) is 5.92 Å². The smallest absolute Gasteiger partial charge is 0.235 e. The van der Waals surface area contributed by atoms with Crippen molar-refractivity contribution in [1.82, 2.24) is 14.9 Å². The summed E-state index contributed by atoms with van der Waals surface area (Å²) in [5.74, 6) is 0.352. The molecule has 0 aromatic carbocycles. The topological polar surface area (TPSA) is 78.5 Å². The van der Waals surface area contributed by atoms with Gasteiger partial charge in [0.1, 0.15) is 0 Å². The van der Waals surface area contributed by atoms with Crippen LogP contribution in [-0.4, -0.2) is 57.6 Å². The van der Waals surface area contributed by atoms with Gasteiger partial charge in [-0.1, -0.05) is 6.92 Å². The van der Waals surface area contributed by atoms with Crippen LogP contribution < -0.4 is 10.6 Å². The Morgan fingerprint density at radius 2 is 2.00 bits per heavy atom. The van der Waals surface area contributed by atoms with E-state index in [4.69, 9.17) is 0 Å². The third-order valence-corrected chi connectivity index (χ3v) is 5.51. The highest BCUT2D eigenvalue weighted by Crippen LogP contribution is 2.17. The highest BCUT2D eigenvalue weighted by molar-refractivity contribution is 7.89. The quantitative estimate of drug-likeness (QED) is 0.679. The van der Waals surface area contributed by atoms with Crippen LogP contribution in [0.5, 0.6) is 0 Å². The molecular formula is C12H25N3O3S. The van der Waals surface area contributed by atoms with Gasteiger partial charge in [0, 0.05) is 13.6 Å². The van der Waals surface area contributed by atoms with Crippen LogP contribution in [0.2, 0.25) is 0 Å². The molecule has 0 aliphatic carbocycles. The first kappa shape index (κ1) is 16.4. The molecule has 1 heterocycles. The number of sulfonamides is 1. The number of nitrogens with zero attached hydrogens (tertiary/aromatic N) is 1. The Labute approximate surface area is 116 Å². The van der Waals surface area contributed by atoms with E-state index in [2.05, 4.69) is 10.6 Å². The lowest BCUT2D eigenvalue weighted by Crippen LogP contribution is -2.41. The molecule has 1 aliphatic rings. The lowest BCUT2D eigenvalue weighted by atomic mass is 9.96. The lowest BCUT2D eigenvalue weighted by Gasteiger charge is -2.24. The van der Waals surface area contributed by atoms with E-state index < -0.39 is 10.0 Å². The van der Waals surface area contributed by atoms with Crippen molar-refractivity contribution >= 4 is 15.9 Å². The zero-order valence-electron chi connectivity index (χ0n) is 11.8. The number of nitrogens with one attached hydrogen (secondary N) is 2. The lowest BCUT2D eigenvalue weighted by molar-refractivity contribution is -0.120. The summed E-state index contributed by atoms with van der Waals surface area (Å²) < 4.78 is 25.6. The standard InChI is InChI=1S/C12H25N3O3S/c1-3-15(10-12(16)13-2)19(17,18)9-6-11-4-7-14-8-5-11/h11,14H,3-10H2,1-2H3,(H,13,16). The van der Waals surface area contributed by atoms with Crippen LogP contribution in [0.15, 0.2) is 0 Å². The fraction of sp³-hybridized carbons (Fsp3) is 0.917. The molecule has 0 unspecified atom stereocenters. The number of hydrogen-bond donors (Lipinski definition) is 2. The molecule has 2 N–H and O–H groups in total. The third-order valence-electron chi connectivity index (χ3n) is 3.59. The van der Waals surface area contributed by atoms with E-state index in [1.807, 2.05) is 0 Å². The molecule has 0 saturated carbocycles.